The van der Waals surface area contributed by atoms with Crippen molar-refractivity contribution in [3.8, 4) is 0 Å². The number of carbonyl (C=O) groups is 2. The molecule has 0 heterocycles. The van der Waals surface area contributed by atoms with E-state index in [1.165, 1.54) is 0 Å². The van der Waals surface area contributed by atoms with E-state index in [0.717, 1.165) is 0 Å². The van der Waals surface area contributed by atoms with Crippen LogP contribution in [0.1, 0.15) is 82.1 Å². The van der Waals surface area contributed by atoms with Gasteiger partial charge in [-0.3, -0.25) is 0 Å². The summed E-state index contributed by atoms with van der Waals surface area (Å²) in [4.78, 5) is 24.1. The summed E-state index contributed by atoms with van der Waals surface area (Å²) in [5.41, 5.74) is -1.65. The lowest BCUT2D eigenvalue weighted by Crippen LogP contribution is -2.35. The Morgan fingerprint density at radius 1 is 0.583 bits per heavy atom. The number of carboxylic acids is 2. The predicted molar refractivity (Wildman–Crippen MR) is 98.0 cm³/mol. The van der Waals surface area contributed by atoms with E-state index in [-0.39, 0.29) is 22.0 Å². The highest BCUT2D eigenvalue weighted by molar-refractivity contribution is 6.00. The molecule has 0 bridgehead atoms. The highest BCUT2D eigenvalue weighted by Gasteiger charge is 2.43. The molecule has 0 aromatic rings. The average Bonchev–Trinajstić information content (AvgIpc) is 2.16. The van der Waals surface area contributed by atoms with E-state index in [9.17, 15) is 19.8 Å². The zero-order valence-corrected chi connectivity index (χ0v) is 17.1. The molecule has 0 aromatic heterocycles. The summed E-state index contributed by atoms with van der Waals surface area (Å²) in [7, 11) is 0. The molecule has 0 radical (unpaired) electrons. The van der Waals surface area contributed by atoms with Gasteiger partial charge < -0.3 is 10.2 Å². The number of hydrogen-bond acceptors (Lipinski definition) is 2. The van der Waals surface area contributed by atoms with Crippen molar-refractivity contribution in [3.63, 3.8) is 0 Å². The topological polar surface area (TPSA) is 74.6 Å². The molecule has 0 rings (SSSR count). The molecule has 0 amide bonds. The van der Waals surface area contributed by atoms with Gasteiger partial charge in [0.25, 0.3) is 0 Å². The van der Waals surface area contributed by atoms with Crippen LogP contribution >= 0.6 is 0 Å². The van der Waals surface area contributed by atoms with Crippen LogP contribution in [0, 0.1) is 21.7 Å². The van der Waals surface area contributed by atoms with Gasteiger partial charge in [-0.15, -0.1) is 0 Å². The Bertz CT molecular complexity index is 475. The second kappa shape index (κ2) is 6.89. The lowest BCUT2D eigenvalue weighted by atomic mass is 9.64. The molecule has 0 saturated carbocycles. The zero-order valence-electron chi connectivity index (χ0n) is 17.1. The van der Waals surface area contributed by atoms with Crippen LogP contribution in [-0.2, 0) is 9.59 Å². The fraction of sp³-hybridized carbons (Fsp3) is 0.800. The molecular weight excluding hydrogens is 304 g/mol. The van der Waals surface area contributed by atoms with Crippen LogP contribution in [0.5, 0.6) is 0 Å². The highest BCUT2D eigenvalue weighted by atomic mass is 16.4. The quantitative estimate of drug-likeness (QED) is 0.637. The Hall–Kier alpha value is -1.32. The van der Waals surface area contributed by atoms with Crippen LogP contribution in [0.3, 0.4) is 0 Å². The summed E-state index contributed by atoms with van der Waals surface area (Å²) in [6, 6.07) is 0. The Kier molecular flexibility index (Phi) is 6.51. The third-order valence-electron chi connectivity index (χ3n) is 3.98. The second-order valence-corrected chi connectivity index (χ2v) is 10.6. The molecule has 4 heteroatoms. The fourth-order valence-electron chi connectivity index (χ4n) is 4.30. The molecule has 0 aliphatic rings. The molecule has 0 fully saturated rings. The van der Waals surface area contributed by atoms with Gasteiger partial charge in [-0.1, -0.05) is 69.2 Å². The molecule has 4 nitrogen and oxygen atoms in total. The summed E-state index contributed by atoms with van der Waals surface area (Å²) in [5.74, 6) is -2.27. The minimum Gasteiger partial charge on any atom is -0.478 e. The number of rotatable bonds is 6. The van der Waals surface area contributed by atoms with Crippen LogP contribution in [-0.4, -0.2) is 22.2 Å². The molecule has 140 valence electrons. The summed E-state index contributed by atoms with van der Waals surface area (Å²) in [6.07, 6.45) is 1.17. The average molecular weight is 341 g/mol. The molecule has 2 N–H and O–H groups in total. The molecule has 0 unspecified atom stereocenters. The predicted octanol–water partition coefficient (Wildman–Crippen LogP) is 5.38. The van der Waals surface area contributed by atoms with E-state index in [4.69, 9.17) is 0 Å². The van der Waals surface area contributed by atoms with E-state index in [1.54, 1.807) is 0 Å². The largest absolute Gasteiger partial charge is 0.478 e. The molecular formula is C20H36O4. The van der Waals surface area contributed by atoms with E-state index in [2.05, 4.69) is 0 Å². The first-order valence-corrected chi connectivity index (χ1v) is 8.52. The Morgan fingerprint density at radius 3 is 0.917 bits per heavy atom. The van der Waals surface area contributed by atoms with Crippen LogP contribution in [0.4, 0.5) is 0 Å². The smallest absolute Gasteiger partial charge is 0.332 e. The number of carboxylic acid groups (broad SMARTS) is 2. The third kappa shape index (κ3) is 6.66. The van der Waals surface area contributed by atoms with Gasteiger partial charge in [-0.2, -0.15) is 0 Å². The molecule has 0 aliphatic carbocycles. The maximum absolute atomic E-state index is 12.1. The molecule has 0 aliphatic heterocycles. The van der Waals surface area contributed by atoms with E-state index in [1.807, 2.05) is 69.2 Å². The Balaban J connectivity index is 6.51. The maximum Gasteiger partial charge on any atom is 0.332 e. The number of hydrogen-bond donors (Lipinski definition) is 2. The molecule has 0 atom stereocenters. The van der Waals surface area contributed by atoms with Crippen molar-refractivity contribution < 1.29 is 19.8 Å². The standard InChI is InChI=1S/C20H36O4/c1-17(2,3)11-19(7,8)13(15(21)22)14(16(23)24)20(9,10)12-18(4,5)6/h11-12H2,1-10H3,(H,21,22)(H,23,24)/b14-13-. The van der Waals surface area contributed by atoms with Crippen LogP contribution < -0.4 is 0 Å². The fourth-order valence-corrected chi connectivity index (χ4v) is 4.30. The van der Waals surface area contributed by atoms with Gasteiger partial charge in [0.1, 0.15) is 0 Å². The van der Waals surface area contributed by atoms with Crippen LogP contribution in [0.15, 0.2) is 11.1 Å². The SMILES string of the molecule is CC(C)(C)CC(C)(C)/C(C(=O)O)=C(/C(=O)O)C(C)(C)CC(C)(C)C. The van der Waals surface area contributed by atoms with Crippen LogP contribution in [0.25, 0.3) is 0 Å². The van der Waals surface area contributed by atoms with Crippen molar-refractivity contribution in [1.29, 1.82) is 0 Å². The van der Waals surface area contributed by atoms with Gasteiger partial charge >= 0.3 is 11.9 Å². The first-order chi connectivity index (χ1) is 10.3. The van der Waals surface area contributed by atoms with E-state index < -0.39 is 22.8 Å². The minimum absolute atomic E-state index is 0.0270. The third-order valence-corrected chi connectivity index (χ3v) is 3.98. The van der Waals surface area contributed by atoms with Gasteiger partial charge in [0.2, 0.25) is 0 Å². The van der Waals surface area contributed by atoms with Crippen molar-refractivity contribution in [1.82, 2.24) is 0 Å². The second-order valence-electron chi connectivity index (χ2n) is 10.6. The Labute approximate surface area is 147 Å². The summed E-state index contributed by atoms with van der Waals surface area (Å²) < 4.78 is 0. The summed E-state index contributed by atoms with van der Waals surface area (Å²) >= 11 is 0. The Morgan fingerprint density at radius 2 is 0.792 bits per heavy atom. The summed E-state index contributed by atoms with van der Waals surface area (Å²) in [5, 5.41) is 19.7. The normalized spacial score (nSPS) is 15.1. The van der Waals surface area contributed by atoms with Gasteiger partial charge in [-0.05, 0) is 34.5 Å². The maximum atomic E-state index is 12.1. The monoisotopic (exact) mass is 340 g/mol. The van der Waals surface area contributed by atoms with Gasteiger partial charge in [0.15, 0.2) is 0 Å². The molecule has 0 aromatic carbocycles. The van der Waals surface area contributed by atoms with Crippen molar-refractivity contribution in [2.45, 2.75) is 82.1 Å². The molecule has 0 spiro atoms. The lowest BCUT2D eigenvalue weighted by Gasteiger charge is -2.39. The van der Waals surface area contributed by atoms with Crippen molar-refractivity contribution in [3.05, 3.63) is 11.1 Å². The summed E-state index contributed by atoms with van der Waals surface area (Å²) in [6.45, 7) is 19.5. The minimum atomic E-state index is -1.14. The van der Waals surface area contributed by atoms with Gasteiger partial charge in [0, 0.05) is 0 Å². The first kappa shape index (κ1) is 22.7. The van der Waals surface area contributed by atoms with Gasteiger partial charge in [0.05, 0.1) is 11.1 Å². The lowest BCUT2D eigenvalue weighted by molar-refractivity contribution is -0.138. The van der Waals surface area contributed by atoms with Crippen LogP contribution in [0.2, 0.25) is 0 Å². The highest BCUT2D eigenvalue weighted by Crippen LogP contribution is 2.46. The van der Waals surface area contributed by atoms with E-state index in [0.29, 0.717) is 12.8 Å². The first-order valence-electron chi connectivity index (χ1n) is 8.52. The van der Waals surface area contributed by atoms with Crippen molar-refractivity contribution in [2.75, 3.05) is 0 Å². The van der Waals surface area contributed by atoms with Crippen molar-refractivity contribution in [2.24, 2.45) is 21.7 Å². The van der Waals surface area contributed by atoms with E-state index >= 15 is 0 Å². The van der Waals surface area contributed by atoms with Gasteiger partial charge in [-0.25, -0.2) is 9.59 Å². The molecule has 0 saturated heterocycles. The zero-order chi connectivity index (χ0) is 19.7. The van der Waals surface area contributed by atoms with Crippen molar-refractivity contribution >= 4 is 11.9 Å². The molecule has 24 heavy (non-hydrogen) atoms. The number of aliphatic carboxylic acids is 2.